The minimum Gasteiger partial charge on any atom is -0.349 e. The minimum atomic E-state index is -0.195. The number of H-pyrrole nitrogens is 1. The maximum Gasteiger partial charge on any atom is 0.123 e. The van der Waals surface area contributed by atoms with Crippen molar-refractivity contribution >= 4 is 15.9 Å². The van der Waals surface area contributed by atoms with Gasteiger partial charge in [0.2, 0.25) is 0 Å². The van der Waals surface area contributed by atoms with E-state index in [1.807, 2.05) is 13.0 Å². The highest BCUT2D eigenvalue weighted by Crippen LogP contribution is 2.27. The number of hydrogen-bond donors (Lipinski definition) is 1. The van der Waals surface area contributed by atoms with E-state index in [2.05, 4.69) is 25.9 Å². The average molecular weight is 283 g/mol. The van der Waals surface area contributed by atoms with Crippen LogP contribution in [0.1, 0.15) is 21.8 Å². The van der Waals surface area contributed by atoms with Crippen molar-refractivity contribution in [3.05, 3.63) is 53.4 Å². The van der Waals surface area contributed by atoms with Gasteiger partial charge in [-0.25, -0.2) is 9.37 Å². The lowest BCUT2D eigenvalue weighted by molar-refractivity contribution is 0.623. The Labute approximate surface area is 102 Å². The Bertz CT molecular complexity index is 448. The lowest BCUT2D eigenvalue weighted by Crippen LogP contribution is -1.98. The molecule has 0 fully saturated rings. The van der Waals surface area contributed by atoms with Gasteiger partial charge in [-0.1, -0.05) is 22.0 Å². The Morgan fingerprint density at radius 1 is 1.44 bits per heavy atom. The van der Waals surface area contributed by atoms with Crippen LogP contribution in [0.5, 0.6) is 0 Å². The number of alkyl halides is 1. The molecule has 84 valence electrons. The van der Waals surface area contributed by atoms with E-state index >= 15 is 0 Å². The van der Waals surface area contributed by atoms with Gasteiger partial charge in [0.25, 0.3) is 0 Å². The summed E-state index contributed by atoms with van der Waals surface area (Å²) >= 11 is 3.55. The number of nitrogens with zero attached hydrogens (tertiary/aromatic N) is 1. The number of benzene rings is 1. The molecule has 1 N–H and O–H groups in total. The zero-order valence-corrected chi connectivity index (χ0v) is 10.5. The molecular formula is C12H12BrFN2. The zero-order valence-electron chi connectivity index (χ0n) is 8.87. The van der Waals surface area contributed by atoms with E-state index in [-0.39, 0.29) is 10.6 Å². The molecule has 2 aromatic rings. The fourth-order valence-electron chi connectivity index (χ4n) is 1.64. The van der Waals surface area contributed by atoms with E-state index in [4.69, 9.17) is 0 Å². The van der Waals surface area contributed by atoms with Crippen molar-refractivity contribution in [3.63, 3.8) is 0 Å². The molecular weight excluding hydrogens is 271 g/mol. The van der Waals surface area contributed by atoms with Crippen LogP contribution in [0.25, 0.3) is 0 Å². The maximum atomic E-state index is 13.2. The molecule has 16 heavy (non-hydrogen) atoms. The van der Waals surface area contributed by atoms with Gasteiger partial charge >= 0.3 is 0 Å². The monoisotopic (exact) mass is 282 g/mol. The zero-order chi connectivity index (χ0) is 11.5. The largest absolute Gasteiger partial charge is 0.349 e. The predicted molar refractivity (Wildman–Crippen MR) is 65.1 cm³/mol. The highest BCUT2D eigenvalue weighted by atomic mass is 79.9. The molecule has 1 atom stereocenters. The molecule has 4 heteroatoms. The highest BCUT2D eigenvalue weighted by molar-refractivity contribution is 9.09. The quantitative estimate of drug-likeness (QED) is 0.858. The third-order valence-corrected chi connectivity index (χ3v) is 3.21. The van der Waals surface area contributed by atoms with Gasteiger partial charge < -0.3 is 4.98 Å². The van der Waals surface area contributed by atoms with Crippen LogP contribution in [0.3, 0.4) is 0 Å². The predicted octanol–water partition coefficient (Wildman–Crippen LogP) is 3.54. The van der Waals surface area contributed by atoms with Gasteiger partial charge in [0.1, 0.15) is 11.6 Å². The van der Waals surface area contributed by atoms with Crippen molar-refractivity contribution in [1.82, 2.24) is 9.97 Å². The SMILES string of the molecule is Cc1cc(F)cc(C(Br)Cc2ncc[nH]2)c1. The standard InChI is InChI=1S/C12H12BrFN2/c1-8-4-9(6-10(14)5-8)11(13)7-12-15-2-3-16-12/h2-6,11H,7H2,1H3,(H,15,16). The summed E-state index contributed by atoms with van der Waals surface area (Å²) in [5, 5.41) is 0. The fraction of sp³-hybridized carbons (Fsp3) is 0.250. The van der Waals surface area contributed by atoms with Gasteiger partial charge in [0, 0.05) is 23.6 Å². The summed E-state index contributed by atoms with van der Waals surface area (Å²) in [4.78, 5) is 7.26. The number of hydrogen-bond acceptors (Lipinski definition) is 1. The van der Waals surface area contributed by atoms with Crippen LogP contribution in [-0.4, -0.2) is 9.97 Å². The summed E-state index contributed by atoms with van der Waals surface area (Å²) in [6, 6.07) is 5.05. The van der Waals surface area contributed by atoms with Gasteiger partial charge in [0.05, 0.1) is 0 Å². The van der Waals surface area contributed by atoms with Crippen LogP contribution in [0.15, 0.2) is 30.6 Å². The second-order valence-corrected chi connectivity index (χ2v) is 4.87. The minimum absolute atomic E-state index is 0.0769. The van der Waals surface area contributed by atoms with Crippen molar-refractivity contribution in [1.29, 1.82) is 0 Å². The molecule has 0 aliphatic carbocycles. The van der Waals surface area contributed by atoms with E-state index in [0.717, 1.165) is 23.4 Å². The van der Waals surface area contributed by atoms with Crippen LogP contribution in [-0.2, 0) is 6.42 Å². The molecule has 2 rings (SSSR count). The van der Waals surface area contributed by atoms with Gasteiger partial charge in [-0.3, -0.25) is 0 Å². The molecule has 0 bridgehead atoms. The lowest BCUT2D eigenvalue weighted by Gasteiger charge is -2.09. The van der Waals surface area contributed by atoms with Crippen molar-refractivity contribution in [2.45, 2.75) is 18.2 Å². The second-order valence-electron chi connectivity index (χ2n) is 3.77. The number of aromatic amines is 1. The summed E-state index contributed by atoms with van der Waals surface area (Å²) in [6.07, 6.45) is 4.22. The van der Waals surface area contributed by atoms with Crippen molar-refractivity contribution in [3.8, 4) is 0 Å². The Morgan fingerprint density at radius 2 is 2.25 bits per heavy atom. The van der Waals surface area contributed by atoms with Gasteiger partial charge in [-0.05, 0) is 30.2 Å². The van der Waals surface area contributed by atoms with E-state index in [1.165, 1.54) is 6.07 Å². The number of imidazole rings is 1. The van der Waals surface area contributed by atoms with Crippen molar-refractivity contribution < 1.29 is 4.39 Å². The molecule has 1 aromatic carbocycles. The third kappa shape index (κ3) is 2.70. The Morgan fingerprint density at radius 3 is 2.88 bits per heavy atom. The van der Waals surface area contributed by atoms with Crippen LogP contribution in [0, 0.1) is 12.7 Å². The van der Waals surface area contributed by atoms with Crippen molar-refractivity contribution in [2.75, 3.05) is 0 Å². The molecule has 0 aliphatic rings. The van der Waals surface area contributed by atoms with E-state index < -0.39 is 0 Å². The molecule has 0 spiro atoms. The first-order valence-corrected chi connectivity index (χ1v) is 5.96. The molecule has 0 saturated carbocycles. The average Bonchev–Trinajstić information content (AvgIpc) is 2.68. The highest BCUT2D eigenvalue weighted by Gasteiger charge is 2.11. The normalized spacial score (nSPS) is 12.7. The molecule has 0 saturated heterocycles. The van der Waals surface area contributed by atoms with E-state index in [0.29, 0.717) is 0 Å². The molecule has 1 heterocycles. The maximum absolute atomic E-state index is 13.2. The lowest BCUT2D eigenvalue weighted by atomic mass is 10.1. The van der Waals surface area contributed by atoms with Gasteiger partial charge in [-0.2, -0.15) is 0 Å². The molecule has 0 amide bonds. The van der Waals surface area contributed by atoms with Gasteiger partial charge in [0.15, 0.2) is 0 Å². The van der Waals surface area contributed by atoms with Crippen LogP contribution in [0.2, 0.25) is 0 Å². The molecule has 2 nitrogen and oxygen atoms in total. The van der Waals surface area contributed by atoms with Crippen LogP contribution < -0.4 is 0 Å². The summed E-state index contributed by atoms with van der Waals surface area (Å²) < 4.78 is 13.2. The second kappa shape index (κ2) is 4.78. The number of nitrogens with one attached hydrogen (secondary N) is 1. The topological polar surface area (TPSA) is 28.7 Å². The van der Waals surface area contributed by atoms with E-state index in [9.17, 15) is 4.39 Å². The van der Waals surface area contributed by atoms with Gasteiger partial charge in [-0.15, -0.1) is 0 Å². The first kappa shape index (κ1) is 11.3. The first-order chi connectivity index (χ1) is 7.65. The summed E-state index contributed by atoms with van der Waals surface area (Å²) in [5.41, 5.74) is 1.87. The van der Waals surface area contributed by atoms with Crippen LogP contribution >= 0.6 is 15.9 Å². The molecule has 0 aliphatic heterocycles. The smallest absolute Gasteiger partial charge is 0.123 e. The number of aromatic nitrogens is 2. The number of aryl methyl sites for hydroxylation is 1. The molecule has 1 unspecified atom stereocenters. The van der Waals surface area contributed by atoms with Crippen molar-refractivity contribution in [2.24, 2.45) is 0 Å². The number of rotatable bonds is 3. The summed E-state index contributed by atoms with van der Waals surface area (Å²) in [6.45, 7) is 1.89. The third-order valence-electron chi connectivity index (χ3n) is 2.35. The fourth-order valence-corrected chi connectivity index (χ4v) is 2.21. The first-order valence-electron chi connectivity index (χ1n) is 5.04. The number of halogens is 2. The summed E-state index contributed by atoms with van der Waals surface area (Å²) in [5.74, 6) is 0.697. The Hall–Kier alpha value is -1.16. The van der Waals surface area contributed by atoms with Crippen LogP contribution in [0.4, 0.5) is 4.39 Å². The molecule has 1 aromatic heterocycles. The molecule has 0 radical (unpaired) electrons. The summed E-state index contributed by atoms with van der Waals surface area (Å²) in [7, 11) is 0. The Balaban J connectivity index is 2.17. The Kier molecular flexibility index (Phi) is 3.39. The van der Waals surface area contributed by atoms with E-state index in [1.54, 1.807) is 18.5 Å².